The number of imide groups is 2. The van der Waals surface area contributed by atoms with Gasteiger partial charge in [0.2, 0.25) is 11.8 Å². The Hall–Kier alpha value is -1.39. The number of nitrogens with one attached hydrogen (secondary N) is 1. The van der Waals surface area contributed by atoms with Crippen molar-refractivity contribution < 1.29 is 14.4 Å². The molecule has 0 atom stereocenters. The van der Waals surface area contributed by atoms with Crippen molar-refractivity contribution in [1.29, 1.82) is 0 Å². The first-order valence-electron chi connectivity index (χ1n) is 7.82. The van der Waals surface area contributed by atoms with Crippen LogP contribution in [0.1, 0.15) is 51.4 Å². The Morgan fingerprint density at radius 2 is 1.55 bits per heavy atom. The predicted octanol–water partition coefficient (Wildman–Crippen LogP) is 1.81. The van der Waals surface area contributed by atoms with Gasteiger partial charge in [0, 0.05) is 6.04 Å². The Morgan fingerprint density at radius 3 is 2.05 bits per heavy atom. The van der Waals surface area contributed by atoms with Crippen molar-refractivity contribution in [3.05, 3.63) is 0 Å². The molecule has 0 aromatic heterocycles. The average Bonchev–Trinajstić information content (AvgIpc) is 3.33. The minimum atomic E-state index is -0.935. The van der Waals surface area contributed by atoms with Gasteiger partial charge in [-0.25, -0.2) is 4.79 Å². The van der Waals surface area contributed by atoms with Gasteiger partial charge in [-0.3, -0.25) is 19.8 Å². The van der Waals surface area contributed by atoms with Crippen LogP contribution in [0.2, 0.25) is 0 Å². The molecule has 20 heavy (non-hydrogen) atoms. The van der Waals surface area contributed by atoms with Gasteiger partial charge in [0.25, 0.3) is 0 Å². The van der Waals surface area contributed by atoms with E-state index in [-0.39, 0.29) is 17.9 Å². The highest BCUT2D eigenvalue weighted by molar-refractivity contribution is 6.19. The van der Waals surface area contributed by atoms with E-state index in [1.54, 1.807) is 0 Å². The summed E-state index contributed by atoms with van der Waals surface area (Å²) in [5.41, 5.74) is -0.935. The quantitative estimate of drug-likeness (QED) is 0.799. The molecule has 1 spiro atoms. The highest BCUT2D eigenvalue weighted by Crippen LogP contribution is 2.50. The Labute approximate surface area is 118 Å². The van der Waals surface area contributed by atoms with E-state index in [1.807, 2.05) is 0 Å². The first-order valence-corrected chi connectivity index (χ1v) is 7.82. The molecular weight excluding hydrogens is 256 g/mol. The smallest absolute Gasteiger partial charge is 0.277 e. The summed E-state index contributed by atoms with van der Waals surface area (Å²) in [5.74, 6) is 0.395. The molecule has 0 aromatic carbocycles. The van der Waals surface area contributed by atoms with Gasteiger partial charge >= 0.3 is 6.03 Å². The van der Waals surface area contributed by atoms with Gasteiger partial charge in [0.05, 0.1) is 0 Å². The van der Waals surface area contributed by atoms with Crippen LogP contribution in [0.4, 0.5) is 4.79 Å². The summed E-state index contributed by atoms with van der Waals surface area (Å²) in [5, 5.41) is 2.47. The van der Waals surface area contributed by atoms with E-state index in [1.165, 1.54) is 4.90 Å². The monoisotopic (exact) mass is 276 g/mol. The maximum absolute atomic E-state index is 12.9. The molecule has 1 N–H and O–H groups in total. The van der Waals surface area contributed by atoms with E-state index in [0.29, 0.717) is 24.7 Å². The normalized spacial score (nSPS) is 29.4. The van der Waals surface area contributed by atoms with Gasteiger partial charge in [-0.1, -0.05) is 12.8 Å². The van der Waals surface area contributed by atoms with Crippen molar-refractivity contribution in [3.8, 4) is 0 Å². The van der Waals surface area contributed by atoms with Crippen LogP contribution in [0, 0.1) is 17.3 Å². The first kappa shape index (κ1) is 12.4. The van der Waals surface area contributed by atoms with Crippen molar-refractivity contribution in [2.24, 2.45) is 17.3 Å². The lowest BCUT2D eigenvalue weighted by molar-refractivity contribution is -0.153. The summed E-state index contributed by atoms with van der Waals surface area (Å²) in [4.78, 5) is 38.8. The van der Waals surface area contributed by atoms with Crippen LogP contribution in [0.5, 0.6) is 0 Å². The van der Waals surface area contributed by atoms with Gasteiger partial charge in [0.1, 0.15) is 5.41 Å². The number of carbonyl (C=O) groups is 3. The molecule has 5 heteroatoms. The largest absolute Gasteiger partial charge is 0.331 e. The number of nitrogens with zero attached hydrogens (tertiary/aromatic N) is 1. The molecule has 4 fully saturated rings. The standard InChI is InChI=1S/C15H20N2O3/c18-12-15(7-1-2-8-15)13(19)17(14(20)16-12)11(9-3-4-9)10-5-6-10/h9-11H,1-8H2,(H,16,18,20). The summed E-state index contributed by atoms with van der Waals surface area (Å²) in [6.07, 6.45) is 7.45. The lowest BCUT2D eigenvalue weighted by Gasteiger charge is -2.41. The maximum Gasteiger partial charge on any atom is 0.331 e. The molecule has 3 aliphatic carbocycles. The molecule has 0 bridgehead atoms. The molecule has 0 aromatic rings. The summed E-state index contributed by atoms with van der Waals surface area (Å²) >= 11 is 0. The van der Waals surface area contributed by atoms with Gasteiger partial charge in [0.15, 0.2) is 0 Å². The molecule has 0 unspecified atom stereocenters. The number of rotatable bonds is 3. The molecule has 0 radical (unpaired) electrons. The van der Waals surface area contributed by atoms with Crippen molar-refractivity contribution >= 4 is 17.8 Å². The maximum atomic E-state index is 12.9. The van der Waals surface area contributed by atoms with E-state index in [9.17, 15) is 14.4 Å². The van der Waals surface area contributed by atoms with Crippen molar-refractivity contribution in [2.75, 3.05) is 0 Å². The summed E-state index contributed by atoms with van der Waals surface area (Å²) in [6.45, 7) is 0. The zero-order valence-corrected chi connectivity index (χ0v) is 11.6. The highest BCUT2D eigenvalue weighted by atomic mass is 16.2. The van der Waals surface area contributed by atoms with E-state index in [4.69, 9.17) is 0 Å². The van der Waals surface area contributed by atoms with Crippen LogP contribution in [-0.4, -0.2) is 28.8 Å². The van der Waals surface area contributed by atoms with Gasteiger partial charge < -0.3 is 0 Å². The number of urea groups is 1. The topological polar surface area (TPSA) is 66.5 Å². The van der Waals surface area contributed by atoms with Gasteiger partial charge in [-0.15, -0.1) is 0 Å². The SMILES string of the molecule is O=C1NC(=O)C2(CCCC2)C(=O)N1C(C1CC1)C1CC1. The minimum absolute atomic E-state index is 0.0491. The number of carbonyl (C=O) groups excluding carboxylic acids is 3. The fraction of sp³-hybridized carbons (Fsp3) is 0.800. The molecule has 4 aliphatic rings. The van der Waals surface area contributed by atoms with Gasteiger partial charge in [-0.2, -0.15) is 0 Å². The number of amides is 4. The lowest BCUT2D eigenvalue weighted by Crippen LogP contribution is -2.66. The Kier molecular flexibility index (Phi) is 2.51. The molecule has 1 aliphatic heterocycles. The van der Waals surface area contributed by atoms with Crippen LogP contribution in [0.3, 0.4) is 0 Å². The lowest BCUT2D eigenvalue weighted by atomic mass is 9.81. The third kappa shape index (κ3) is 1.64. The number of barbiturate groups is 1. The zero-order chi connectivity index (χ0) is 13.9. The summed E-state index contributed by atoms with van der Waals surface area (Å²) in [6, 6.07) is -0.422. The Morgan fingerprint density at radius 1 is 1.00 bits per heavy atom. The minimum Gasteiger partial charge on any atom is -0.277 e. The average molecular weight is 276 g/mol. The summed E-state index contributed by atoms with van der Waals surface area (Å²) < 4.78 is 0. The molecule has 5 nitrogen and oxygen atoms in total. The van der Waals surface area contributed by atoms with Crippen LogP contribution in [0.15, 0.2) is 0 Å². The molecule has 4 rings (SSSR count). The second kappa shape index (κ2) is 4.06. The third-order valence-electron chi connectivity index (χ3n) is 5.47. The van der Waals surface area contributed by atoms with E-state index < -0.39 is 11.4 Å². The molecule has 4 amide bonds. The Balaban J connectivity index is 1.68. The molecule has 3 saturated carbocycles. The molecule has 108 valence electrons. The molecule has 1 heterocycles. The fourth-order valence-electron chi connectivity index (χ4n) is 4.07. The van der Waals surface area contributed by atoms with Crippen LogP contribution in [0.25, 0.3) is 0 Å². The van der Waals surface area contributed by atoms with E-state index in [0.717, 1.165) is 38.5 Å². The first-order chi connectivity index (χ1) is 9.63. The second-order valence-corrected chi connectivity index (χ2v) is 6.89. The number of hydrogen-bond acceptors (Lipinski definition) is 3. The summed E-state index contributed by atoms with van der Waals surface area (Å²) in [7, 11) is 0. The van der Waals surface area contributed by atoms with Gasteiger partial charge in [-0.05, 0) is 50.4 Å². The zero-order valence-electron chi connectivity index (χ0n) is 11.6. The number of hydrogen-bond donors (Lipinski definition) is 1. The van der Waals surface area contributed by atoms with E-state index in [2.05, 4.69) is 5.32 Å². The fourth-order valence-corrected chi connectivity index (χ4v) is 4.07. The van der Waals surface area contributed by atoms with Crippen molar-refractivity contribution in [2.45, 2.75) is 57.4 Å². The molecular formula is C15H20N2O3. The van der Waals surface area contributed by atoms with Crippen LogP contribution >= 0.6 is 0 Å². The van der Waals surface area contributed by atoms with Crippen LogP contribution < -0.4 is 5.32 Å². The predicted molar refractivity (Wildman–Crippen MR) is 70.5 cm³/mol. The second-order valence-electron chi connectivity index (χ2n) is 6.89. The van der Waals surface area contributed by atoms with Crippen LogP contribution in [-0.2, 0) is 9.59 Å². The van der Waals surface area contributed by atoms with Crippen molar-refractivity contribution in [3.63, 3.8) is 0 Å². The third-order valence-corrected chi connectivity index (χ3v) is 5.47. The van der Waals surface area contributed by atoms with Crippen molar-refractivity contribution in [1.82, 2.24) is 10.2 Å². The Bertz CT molecular complexity index is 475. The van der Waals surface area contributed by atoms with E-state index >= 15 is 0 Å². The highest BCUT2D eigenvalue weighted by Gasteiger charge is 2.59. The molecule has 1 saturated heterocycles.